The molecule has 3 amide bonds. The summed E-state index contributed by atoms with van der Waals surface area (Å²) in [5, 5.41) is 3.42. The number of urea groups is 1. The number of nitrogens with one attached hydrogen (secondary N) is 1. The summed E-state index contributed by atoms with van der Waals surface area (Å²) in [5.74, 6) is 0.281. The van der Waals surface area contributed by atoms with E-state index in [4.69, 9.17) is 4.74 Å². The molecule has 0 radical (unpaired) electrons. The van der Waals surface area contributed by atoms with Gasteiger partial charge < -0.3 is 15.0 Å². The number of hydrogen-bond donors (Lipinski definition) is 1. The molecule has 2 aliphatic rings. The van der Waals surface area contributed by atoms with Crippen molar-refractivity contribution in [3.05, 3.63) is 48.5 Å². The Morgan fingerprint density at radius 1 is 1.08 bits per heavy atom. The average Bonchev–Trinajstić information content (AvgIpc) is 2.94. The van der Waals surface area contributed by atoms with Crippen LogP contribution in [0.25, 0.3) is 0 Å². The van der Waals surface area contributed by atoms with Crippen molar-refractivity contribution >= 4 is 29.0 Å². The first kappa shape index (κ1) is 16.3. The number of ether oxygens (including phenoxy) is 1. The third-order valence-electron chi connectivity index (χ3n) is 4.91. The van der Waals surface area contributed by atoms with Crippen LogP contribution >= 0.6 is 0 Å². The molecule has 2 atom stereocenters. The third-order valence-corrected chi connectivity index (χ3v) is 4.91. The fraction of sp³-hybridized carbons (Fsp3) is 0.263. The van der Waals surface area contributed by atoms with E-state index in [9.17, 15) is 9.59 Å². The lowest BCUT2D eigenvalue weighted by Crippen LogP contribution is -2.56. The van der Waals surface area contributed by atoms with E-state index < -0.39 is 12.3 Å². The zero-order valence-corrected chi connectivity index (χ0v) is 14.8. The van der Waals surface area contributed by atoms with Gasteiger partial charge in [-0.1, -0.05) is 24.3 Å². The molecule has 1 fully saturated rings. The van der Waals surface area contributed by atoms with E-state index >= 15 is 0 Å². The van der Waals surface area contributed by atoms with Crippen LogP contribution in [-0.2, 0) is 4.79 Å². The van der Waals surface area contributed by atoms with E-state index in [1.807, 2.05) is 54.4 Å². The number of rotatable bonds is 2. The standard InChI is InChI=1S/C19H20N4O3/c1-12(24)22-18-17(20-13-8-4-5-9-14(13)21(18)2)23(19(22)25)15-10-6-7-11-16(15)26-3/h4-11,17-18,20H,1-3H3/t17-,18-/m0/s1. The predicted molar refractivity (Wildman–Crippen MR) is 99.4 cm³/mol. The lowest BCUT2D eigenvalue weighted by atomic mass is 10.1. The highest BCUT2D eigenvalue weighted by atomic mass is 16.5. The second kappa shape index (κ2) is 5.94. The topological polar surface area (TPSA) is 65.1 Å². The number of fused-ring (bicyclic) bond motifs is 2. The molecule has 1 saturated heterocycles. The molecule has 2 heterocycles. The van der Waals surface area contributed by atoms with Gasteiger partial charge in [0.05, 0.1) is 24.2 Å². The maximum absolute atomic E-state index is 13.2. The number of amides is 3. The Kier molecular flexibility index (Phi) is 3.72. The molecule has 2 aromatic carbocycles. The van der Waals surface area contributed by atoms with Gasteiger partial charge in [0, 0.05) is 14.0 Å². The number of nitrogens with zero attached hydrogens (tertiary/aromatic N) is 3. The van der Waals surface area contributed by atoms with Crippen molar-refractivity contribution in [3.63, 3.8) is 0 Å². The molecule has 7 nitrogen and oxygen atoms in total. The average molecular weight is 352 g/mol. The van der Waals surface area contributed by atoms with Gasteiger partial charge in [0.25, 0.3) is 0 Å². The summed E-state index contributed by atoms with van der Waals surface area (Å²) in [4.78, 5) is 30.3. The maximum atomic E-state index is 13.2. The Hall–Kier alpha value is -3.22. The summed E-state index contributed by atoms with van der Waals surface area (Å²) >= 11 is 0. The molecule has 0 aliphatic carbocycles. The zero-order valence-electron chi connectivity index (χ0n) is 14.8. The van der Waals surface area contributed by atoms with Crippen LogP contribution in [0.4, 0.5) is 21.9 Å². The third kappa shape index (κ3) is 2.20. The van der Waals surface area contributed by atoms with Crippen molar-refractivity contribution in [2.75, 3.05) is 29.3 Å². The maximum Gasteiger partial charge on any atom is 0.335 e. The molecular formula is C19H20N4O3. The van der Waals surface area contributed by atoms with Gasteiger partial charge in [0.15, 0.2) is 6.17 Å². The summed E-state index contributed by atoms with van der Waals surface area (Å²) in [6, 6.07) is 14.7. The van der Waals surface area contributed by atoms with E-state index in [1.165, 1.54) is 11.8 Å². The number of methoxy groups -OCH3 is 1. The molecule has 4 rings (SSSR count). The number of para-hydroxylation sites is 4. The minimum absolute atomic E-state index is 0.296. The highest BCUT2D eigenvalue weighted by Crippen LogP contribution is 2.42. The van der Waals surface area contributed by atoms with Crippen LogP contribution in [0.3, 0.4) is 0 Å². The molecule has 134 valence electrons. The second-order valence-corrected chi connectivity index (χ2v) is 6.34. The first-order valence-corrected chi connectivity index (χ1v) is 8.39. The second-order valence-electron chi connectivity index (χ2n) is 6.34. The van der Waals surface area contributed by atoms with Crippen molar-refractivity contribution in [1.82, 2.24) is 4.90 Å². The quantitative estimate of drug-likeness (QED) is 0.900. The van der Waals surface area contributed by atoms with Gasteiger partial charge in [-0.25, -0.2) is 9.69 Å². The molecule has 2 aliphatic heterocycles. The van der Waals surface area contributed by atoms with Crippen LogP contribution in [-0.4, -0.2) is 43.3 Å². The number of hydrogen-bond acceptors (Lipinski definition) is 5. The van der Waals surface area contributed by atoms with E-state index in [0.29, 0.717) is 11.4 Å². The van der Waals surface area contributed by atoms with Crippen molar-refractivity contribution < 1.29 is 14.3 Å². The van der Waals surface area contributed by atoms with Gasteiger partial charge in [-0.3, -0.25) is 9.69 Å². The highest BCUT2D eigenvalue weighted by molar-refractivity contribution is 6.07. The van der Waals surface area contributed by atoms with Crippen LogP contribution in [0, 0.1) is 0 Å². The number of anilines is 3. The molecule has 2 aromatic rings. The largest absolute Gasteiger partial charge is 0.495 e. The monoisotopic (exact) mass is 352 g/mol. The molecular weight excluding hydrogens is 332 g/mol. The van der Waals surface area contributed by atoms with Gasteiger partial charge in [-0.2, -0.15) is 0 Å². The summed E-state index contributed by atoms with van der Waals surface area (Å²) in [5.41, 5.74) is 2.48. The summed E-state index contributed by atoms with van der Waals surface area (Å²) in [6.07, 6.45) is -0.887. The Morgan fingerprint density at radius 2 is 1.73 bits per heavy atom. The summed E-state index contributed by atoms with van der Waals surface area (Å²) in [6.45, 7) is 1.41. The van der Waals surface area contributed by atoms with Gasteiger partial charge >= 0.3 is 6.03 Å². The fourth-order valence-corrected chi connectivity index (χ4v) is 3.75. The Balaban J connectivity index is 1.87. The van der Waals surface area contributed by atoms with E-state index in [0.717, 1.165) is 11.4 Å². The number of imide groups is 1. The van der Waals surface area contributed by atoms with E-state index in [1.54, 1.807) is 18.1 Å². The fourth-order valence-electron chi connectivity index (χ4n) is 3.75. The van der Waals surface area contributed by atoms with E-state index in [-0.39, 0.29) is 11.9 Å². The minimum Gasteiger partial charge on any atom is -0.495 e. The van der Waals surface area contributed by atoms with Crippen molar-refractivity contribution in [3.8, 4) is 5.75 Å². The molecule has 26 heavy (non-hydrogen) atoms. The van der Waals surface area contributed by atoms with Gasteiger partial charge in [-0.05, 0) is 24.3 Å². The molecule has 0 aromatic heterocycles. The number of benzene rings is 2. The van der Waals surface area contributed by atoms with Crippen LogP contribution in [0.15, 0.2) is 48.5 Å². The number of carbonyl (C=O) groups is 2. The van der Waals surface area contributed by atoms with Crippen LogP contribution in [0.1, 0.15) is 6.92 Å². The van der Waals surface area contributed by atoms with E-state index in [2.05, 4.69) is 5.32 Å². The van der Waals surface area contributed by atoms with Crippen LogP contribution in [0.2, 0.25) is 0 Å². The van der Waals surface area contributed by atoms with Gasteiger partial charge in [-0.15, -0.1) is 0 Å². The number of likely N-dealkylation sites (N-methyl/N-ethyl adjacent to an activating group) is 1. The van der Waals surface area contributed by atoms with Crippen LogP contribution in [0.5, 0.6) is 5.75 Å². The Bertz CT molecular complexity index is 885. The Morgan fingerprint density at radius 3 is 2.42 bits per heavy atom. The predicted octanol–water partition coefficient (Wildman–Crippen LogP) is 2.70. The highest BCUT2D eigenvalue weighted by Gasteiger charge is 2.53. The molecule has 0 bridgehead atoms. The minimum atomic E-state index is -0.459. The Labute approximate surface area is 151 Å². The van der Waals surface area contributed by atoms with Crippen molar-refractivity contribution in [2.45, 2.75) is 19.3 Å². The molecule has 0 spiro atoms. The number of carbonyl (C=O) groups excluding carboxylic acids is 2. The molecule has 1 N–H and O–H groups in total. The van der Waals surface area contributed by atoms with Gasteiger partial charge in [0.1, 0.15) is 11.9 Å². The molecule has 0 unspecified atom stereocenters. The lowest BCUT2D eigenvalue weighted by molar-refractivity contribution is -0.126. The van der Waals surface area contributed by atoms with Crippen molar-refractivity contribution in [1.29, 1.82) is 0 Å². The van der Waals surface area contributed by atoms with Gasteiger partial charge in [0.2, 0.25) is 5.91 Å². The van der Waals surface area contributed by atoms with Crippen LogP contribution < -0.4 is 19.9 Å². The lowest BCUT2D eigenvalue weighted by Gasteiger charge is -2.41. The smallest absolute Gasteiger partial charge is 0.335 e. The summed E-state index contributed by atoms with van der Waals surface area (Å²) in [7, 11) is 3.46. The normalized spacial score (nSPS) is 21.2. The molecule has 0 saturated carbocycles. The molecule has 7 heteroatoms. The first-order valence-electron chi connectivity index (χ1n) is 8.39. The summed E-state index contributed by atoms with van der Waals surface area (Å²) < 4.78 is 5.44. The SMILES string of the molecule is COc1ccccc1N1C(=O)N(C(C)=O)[C@H]2[C@H]1Nc1ccccc1N2C. The first-order chi connectivity index (χ1) is 12.5. The zero-order chi connectivity index (χ0) is 18.4. The van der Waals surface area contributed by atoms with Crippen molar-refractivity contribution in [2.24, 2.45) is 0 Å².